The maximum atomic E-state index is 10.6. The first-order valence-electron chi connectivity index (χ1n) is 3.71. The third-order valence-corrected chi connectivity index (χ3v) is 1.79. The van der Waals surface area contributed by atoms with E-state index in [0.29, 0.717) is 5.56 Å². The monoisotopic (exact) mass is 175 g/mol. The minimum Gasteiger partial charge on any atom is -0.412 e. The van der Waals surface area contributed by atoms with Gasteiger partial charge in [0.05, 0.1) is 5.52 Å². The van der Waals surface area contributed by atoms with Crippen molar-refractivity contribution in [1.29, 1.82) is 0 Å². The highest BCUT2D eigenvalue weighted by Crippen LogP contribution is 2.13. The smallest absolute Gasteiger partial charge is 0.152 e. The van der Waals surface area contributed by atoms with Crippen molar-refractivity contribution in [3.63, 3.8) is 0 Å². The van der Waals surface area contributed by atoms with Crippen LogP contribution in [0.2, 0.25) is 0 Å². The van der Waals surface area contributed by atoms with Gasteiger partial charge in [-0.3, -0.25) is 9.78 Å². The molecule has 3 heteroatoms. The zero-order chi connectivity index (χ0) is 8.39. The number of nitrogens with zero attached hydrogens (tertiary/aromatic N) is 1. The lowest BCUT2D eigenvalue weighted by atomic mass is 10.1. The number of benzene rings is 1. The van der Waals surface area contributed by atoms with Crippen LogP contribution in [0.4, 0.5) is 0 Å². The Morgan fingerprint density at radius 3 is 2.69 bits per heavy atom. The molecule has 0 saturated carbocycles. The van der Waals surface area contributed by atoms with E-state index in [4.69, 9.17) is 0 Å². The molecule has 1 aromatic heterocycles. The Morgan fingerprint density at radius 1 is 1.15 bits per heavy atom. The Hall–Kier alpha value is -1.74. The Morgan fingerprint density at radius 2 is 1.92 bits per heavy atom. The van der Waals surface area contributed by atoms with Crippen molar-refractivity contribution >= 4 is 17.2 Å². The van der Waals surface area contributed by atoms with E-state index in [-0.39, 0.29) is 5.48 Å². The minimum absolute atomic E-state index is 0. The summed E-state index contributed by atoms with van der Waals surface area (Å²) in [7, 11) is 0. The molecule has 1 aromatic carbocycles. The van der Waals surface area contributed by atoms with Crippen LogP contribution in [0, 0.1) is 0 Å². The van der Waals surface area contributed by atoms with Gasteiger partial charge in [0.1, 0.15) is 0 Å². The van der Waals surface area contributed by atoms with Crippen LogP contribution in [0.1, 0.15) is 10.4 Å². The number of hydrogen-bond acceptors (Lipinski definition) is 2. The molecule has 2 aromatic rings. The summed E-state index contributed by atoms with van der Waals surface area (Å²) < 4.78 is 0. The first-order chi connectivity index (χ1) is 5.92. The van der Waals surface area contributed by atoms with Gasteiger partial charge >= 0.3 is 0 Å². The third kappa shape index (κ3) is 1.55. The fraction of sp³-hybridized carbons (Fsp3) is 0. The van der Waals surface area contributed by atoms with Gasteiger partial charge in [-0.2, -0.15) is 0 Å². The predicted octanol–water partition coefficient (Wildman–Crippen LogP) is 1.22. The van der Waals surface area contributed by atoms with Crippen LogP contribution in [0.3, 0.4) is 0 Å². The van der Waals surface area contributed by atoms with Crippen LogP contribution in [-0.4, -0.2) is 16.7 Å². The lowest BCUT2D eigenvalue weighted by Crippen LogP contribution is -1.85. The lowest BCUT2D eigenvalue weighted by molar-refractivity contribution is 0.112. The van der Waals surface area contributed by atoms with E-state index < -0.39 is 0 Å². The summed E-state index contributed by atoms with van der Waals surface area (Å²) in [5.41, 5.74) is 1.42. The highest BCUT2D eigenvalue weighted by Gasteiger charge is 1.97. The van der Waals surface area contributed by atoms with Crippen molar-refractivity contribution in [2.45, 2.75) is 0 Å². The summed E-state index contributed by atoms with van der Waals surface area (Å²) in [6.45, 7) is 0. The molecule has 0 bridgehead atoms. The van der Waals surface area contributed by atoms with E-state index in [2.05, 4.69) is 4.98 Å². The molecule has 66 valence electrons. The molecule has 13 heavy (non-hydrogen) atoms. The van der Waals surface area contributed by atoms with Crippen molar-refractivity contribution in [1.82, 2.24) is 4.98 Å². The number of aromatic nitrogens is 1. The van der Waals surface area contributed by atoms with Crippen LogP contribution in [0.25, 0.3) is 10.9 Å². The van der Waals surface area contributed by atoms with E-state index in [0.717, 1.165) is 17.2 Å². The van der Waals surface area contributed by atoms with Crippen molar-refractivity contribution in [2.24, 2.45) is 0 Å². The van der Waals surface area contributed by atoms with E-state index >= 15 is 0 Å². The van der Waals surface area contributed by atoms with Crippen molar-refractivity contribution in [2.75, 3.05) is 0 Å². The zero-order valence-corrected chi connectivity index (χ0v) is 6.90. The molecular weight excluding hydrogens is 166 g/mol. The Bertz CT molecular complexity index is 421. The Kier molecular flexibility index (Phi) is 2.72. The molecular formula is C10H9NO2. The standard InChI is InChI=1S/C10H7NO.H2O/c12-7-9-4-1-3-8-5-2-6-11-10(8)9;/h1-7H;1H2. The second-order valence-electron chi connectivity index (χ2n) is 2.54. The second kappa shape index (κ2) is 3.78. The van der Waals surface area contributed by atoms with Gasteiger partial charge in [0, 0.05) is 17.1 Å². The normalized spacial score (nSPS) is 9.23. The van der Waals surface area contributed by atoms with E-state index in [1.165, 1.54) is 0 Å². The minimum atomic E-state index is 0. The summed E-state index contributed by atoms with van der Waals surface area (Å²) >= 11 is 0. The van der Waals surface area contributed by atoms with Crippen LogP contribution >= 0.6 is 0 Å². The van der Waals surface area contributed by atoms with E-state index in [1.807, 2.05) is 24.3 Å². The summed E-state index contributed by atoms with van der Waals surface area (Å²) in [6.07, 6.45) is 2.52. The molecule has 0 fully saturated rings. The topological polar surface area (TPSA) is 61.5 Å². The molecule has 0 aliphatic rings. The molecule has 0 unspecified atom stereocenters. The number of carbonyl (C=O) groups excluding carboxylic acids is 1. The summed E-state index contributed by atoms with van der Waals surface area (Å²) in [4.78, 5) is 14.7. The van der Waals surface area contributed by atoms with Gasteiger partial charge in [-0.25, -0.2) is 0 Å². The van der Waals surface area contributed by atoms with Gasteiger partial charge in [-0.1, -0.05) is 18.2 Å². The number of hydrogen-bond donors (Lipinski definition) is 0. The maximum absolute atomic E-state index is 10.6. The van der Waals surface area contributed by atoms with Gasteiger partial charge < -0.3 is 5.48 Å². The lowest BCUT2D eigenvalue weighted by Gasteiger charge is -1.96. The van der Waals surface area contributed by atoms with E-state index in [1.54, 1.807) is 12.3 Å². The molecule has 3 nitrogen and oxygen atoms in total. The zero-order valence-electron chi connectivity index (χ0n) is 6.90. The predicted molar refractivity (Wildman–Crippen MR) is 50.7 cm³/mol. The molecule has 0 saturated heterocycles. The van der Waals surface area contributed by atoms with Crippen LogP contribution in [0.5, 0.6) is 0 Å². The fourth-order valence-corrected chi connectivity index (χ4v) is 1.22. The van der Waals surface area contributed by atoms with Crippen LogP contribution in [0.15, 0.2) is 36.5 Å². The first-order valence-corrected chi connectivity index (χ1v) is 3.71. The van der Waals surface area contributed by atoms with Crippen molar-refractivity contribution < 1.29 is 10.3 Å². The number of aldehydes is 1. The highest BCUT2D eigenvalue weighted by molar-refractivity contribution is 5.95. The molecule has 0 spiro atoms. The second-order valence-corrected chi connectivity index (χ2v) is 2.54. The average Bonchev–Trinajstić information content (AvgIpc) is 2.17. The average molecular weight is 175 g/mol. The van der Waals surface area contributed by atoms with Crippen LogP contribution in [-0.2, 0) is 0 Å². The molecule has 0 radical (unpaired) electrons. The molecule has 0 aliphatic carbocycles. The van der Waals surface area contributed by atoms with Crippen molar-refractivity contribution in [3.8, 4) is 0 Å². The Labute approximate surface area is 75.3 Å². The van der Waals surface area contributed by atoms with Gasteiger partial charge in [0.2, 0.25) is 0 Å². The SMILES string of the molecule is O.O=Cc1cccc2cccnc12. The van der Waals surface area contributed by atoms with Crippen molar-refractivity contribution in [3.05, 3.63) is 42.1 Å². The number of carbonyl (C=O) groups is 1. The van der Waals surface area contributed by atoms with Crippen LogP contribution < -0.4 is 0 Å². The molecule has 0 aliphatic heterocycles. The van der Waals surface area contributed by atoms with E-state index in [9.17, 15) is 4.79 Å². The Balaban J connectivity index is 0.000000845. The number of fused-ring (bicyclic) bond motifs is 1. The summed E-state index contributed by atoms with van der Waals surface area (Å²) in [5.74, 6) is 0. The molecule has 0 amide bonds. The molecule has 0 atom stereocenters. The maximum Gasteiger partial charge on any atom is 0.152 e. The third-order valence-electron chi connectivity index (χ3n) is 1.79. The number of pyridine rings is 1. The number of para-hydroxylation sites is 1. The van der Waals surface area contributed by atoms with Gasteiger partial charge in [-0.15, -0.1) is 0 Å². The summed E-state index contributed by atoms with van der Waals surface area (Å²) in [6, 6.07) is 9.36. The fourth-order valence-electron chi connectivity index (χ4n) is 1.22. The molecule has 2 rings (SSSR count). The summed E-state index contributed by atoms with van der Waals surface area (Å²) in [5, 5.41) is 1.00. The molecule has 2 N–H and O–H groups in total. The van der Waals surface area contributed by atoms with Gasteiger partial charge in [0.15, 0.2) is 6.29 Å². The highest BCUT2D eigenvalue weighted by atomic mass is 16.1. The van der Waals surface area contributed by atoms with Gasteiger partial charge in [0.25, 0.3) is 0 Å². The number of rotatable bonds is 1. The quantitative estimate of drug-likeness (QED) is 0.612. The largest absolute Gasteiger partial charge is 0.412 e. The first kappa shape index (κ1) is 9.35. The molecule has 1 heterocycles. The van der Waals surface area contributed by atoms with Gasteiger partial charge in [-0.05, 0) is 12.1 Å².